The van der Waals surface area contributed by atoms with Gasteiger partial charge in [-0.3, -0.25) is 0 Å². The molecule has 1 aromatic heterocycles. The van der Waals surface area contributed by atoms with Crippen LogP contribution in [-0.2, 0) is 0 Å². The minimum atomic E-state index is 1.08. The Morgan fingerprint density at radius 2 is 2.00 bits per heavy atom. The van der Waals surface area contributed by atoms with Gasteiger partial charge in [0.1, 0.15) is 0 Å². The van der Waals surface area contributed by atoms with Crippen LogP contribution in [0, 0.1) is 6.92 Å². The molecular formula is C7H11N3S. The maximum atomic E-state index is 4.25. The van der Waals surface area contributed by atoms with Crippen molar-refractivity contribution in [1.29, 1.82) is 0 Å². The van der Waals surface area contributed by atoms with Gasteiger partial charge in [0.25, 0.3) is 0 Å². The van der Waals surface area contributed by atoms with Crippen LogP contribution in [0.3, 0.4) is 0 Å². The predicted octanol–water partition coefficient (Wildman–Crippen LogP) is 1.45. The van der Waals surface area contributed by atoms with Crippen LogP contribution in [0.25, 0.3) is 0 Å². The summed E-state index contributed by atoms with van der Waals surface area (Å²) in [4.78, 5) is 2.32. The summed E-state index contributed by atoms with van der Waals surface area (Å²) in [5.74, 6) is 1.10. The third-order valence-electron chi connectivity index (χ3n) is 2.03. The Kier molecular flexibility index (Phi) is 1.77. The van der Waals surface area contributed by atoms with Gasteiger partial charge in [-0.2, -0.15) is 8.75 Å². The molecule has 60 valence electrons. The summed E-state index contributed by atoms with van der Waals surface area (Å²) in [6.07, 6.45) is 2.61. The largest absolute Gasteiger partial charge is 0.354 e. The van der Waals surface area contributed by atoms with E-state index in [9.17, 15) is 0 Å². The molecular weight excluding hydrogens is 158 g/mol. The molecule has 0 saturated carbocycles. The van der Waals surface area contributed by atoms with Crippen LogP contribution in [0.4, 0.5) is 5.82 Å². The molecule has 0 spiro atoms. The molecule has 4 heteroatoms. The van der Waals surface area contributed by atoms with Crippen molar-refractivity contribution in [3.8, 4) is 0 Å². The van der Waals surface area contributed by atoms with E-state index >= 15 is 0 Å². The topological polar surface area (TPSA) is 29.0 Å². The number of nitrogens with zero attached hydrogens (tertiary/aromatic N) is 3. The fourth-order valence-corrected chi connectivity index (χ4v) is 2.01. The molecule has 0 radical (unpaired) electrons. The molecule has 2 heterocycles. The number of aryl methyl sites for hydroxylation is 1. The van der Waals surface area contributed by atoms with Crippen LogP contribution in [0.15, 0.2) is 0 Å². The zero-order chi connectivity index (χ0) is 7.68. The summed E-state index contributed by atoms with van der Waals surface area (Å²) in [6, 6.07) is 0. The molecule has 2 rings (SSSR count). The molecule has 1 aromatic rings. The highest BCUT2D eigenvalue weighted by Gasteiger charge is 2.16. The van der Waals surface area contributed by atoms with Gasteiger partial charge in [0, 0.05) is 13.1 Å². The Hall–Kier alpha value is -0.640. The Balaban J connectivity index is 2.21. The highest BCUT2D eigenvalue weighted by molar-refractivity contribution is 6.99. The molecule has 0 aromatic carbocycles. The van der Waals surface area contributed by atoms with Crippen molar-refractivity contribution >= 4 is 17.5 Å². The molecule has 0 atom stereocenters. The standard InChI is InChI=1S/C7H11N3S/c1-6-7(9-11-8-6)10-4-2-3-5-10/h2-5H2,1H3. The van der Waals surface area contributed by atoms with Crippen LogP contribution < -0.4 is 4.90 Å². The maximum absolute atomic E-state index is 4.25. The summed E-state index contributed by atoms with van der Waals surface area (Å²) in [6.45, 7) is 4.34. The Morgan fingerprint density at radius 1 is 1.27 bits per heavy atom. The summed E-state index contributed by atoms with van der Waals surface area (Å²) in [5, 5.41) is 0. The predicted molar refractivity (Wildman–Crippen MR) is 46.1 cm³/mol. The Labute approximate surface area is 70.4 Å². The molecule has 3 nitrogen and oxygen atoms in total. The number of aromatic nitrogens is 2. The van der Waals surface area contributed by atoms with E-state index in [-0.39, 0.29) is 0 Å². The summed E-state index contributed by atoms with van der Waals surface area (Å²) in [7, 11) is 0. The van der Waals surface area contributed by atoms with Gasteiger partial charge in [-0.05, 0) is 19.8 Å². The van der Waals surface area contributed by atoms with Crippen molar-refractivity contribution in [2.24, 2.45) is 0 Å². The van der Waals surface area contributed by atoms with Gasteiger partial charge in [-0.1, -0.05) is 0 Å². The highest BCUT2D eigenvalue weighted by Crippen LogP contribution is 2.21. The number of anilines is 1. The molecule has 1 saturated heterocycles. The summed E-state index contributed by atoms with van der Waals surface area (Å²) in [5.41, 5.74) is 1.08. The van der Waals surface area contributed by atoms with Gasteiger partial charge in [0.05, 0.1) is 17.4 Å². The third kappa shape index (κ3) is 1.22. The van der Waals surface area contributed by atoms with Crippen molar-refractivity contribution in [3.63, 3.8) is 0 Å². The molecule has 0 unspecified atom stereocenters. The first-order valence-electron chi connectivity index (χ1n) is 3.92. The fourth-order valence-electron chi connectivity index (χ4n) is 1.44. The lowest BCUT2D eigenvalue weighted by atomic mass is 10.4. The molecule has 1 aliphatic rings. The van der Waals surface area contributed by atoms with E-state index < -0.39 is 0 Å². The van der Waals surface area contributed by atoms with Gasteiger partial charge < -0.3 is 4.90 Å². The van der Waals surface area contributed by atoms with E-state index in [2.05, 4.69) is 13.6 Å². The molecule has 1 fully saturated rings. The van der Waals surface area contributed by atoms with Crippen LogP contribution in [0.2, 0.25) is 0 Å². The fraction of sp³-hybridized carbons (Fsp3) is 0.714. The minimum absolute atomic E-state index is 1.08. The number of rotatable bonds is 1. The van der Waals surface area contributed by atoms with E-state index in [1.54, 1.807) is 0 Å². The normalized spacial score (nSPS) is 17.7. The van der Waals surface area contributed by atoms with Gasteiger partial charge in [-0.15, -0.1) is 0 Å². The van der Waals surface area contributed by atoms with Crippen molar-refractivity contribution in [2.45, 2.75) is 19.8 Å². The van der Waals surface area contributed by atoms with Crippen LogP contribution in [-0.4, -0.2) is 21.8 Å². The molecule has 1 aliphatic heterocycles. The highest BCUT2D eigenvalue weighted by atomic mass is 32.1. The first-order valence-corrected chi connectivity index (χ1v) is 4.65. The smallest absolute Gasteiger partial charge is 0.165 e. The molecule has 0 aliphatic carbocycles. The first kappa shape index (κ1) is 7.03. The zero-order valence-corrected chi connectivity index (χ0v) is 7.39. The monoisotopic (exact) mass is 169 g/mol. The minimum Gasteiger partial charge on any atom is -0.354 e. The summed E-state index contributed by atoms with van der Waals surface area (Å²) >= 11 is 1.31. The van der Waals surface area contributed by atoms with E-state index in [0.717, 1.165) is 24.6 Å². The molecule has 0 bridgehead atoms. The van der Waals surface area contributed by atoms with E-state index in [1.165, 1.54) is 24.6 Å². The average Bonchev–Trinajstić information content (AvgIpc) is 2.55. The lowest BCUT2D eigenvalue weighted by Crippen LogP contribution is -2.18. The second kappa shape index (κ2) is 2.77. The van der Waals surface area contributed by atoms with Gasteiger partial charge >= 0.3 is 0 Å². The van der Waals surface area contributed by atoms with Crippen LogP contribution in [0.5, 0.6) is 0 Å². The van der Waals surface area contributed by atoms with Crippen molar-refractivity contribution < 1.29 is 0 Å². The van der Waals surface area contributed by atoms with Gasteiger partial charge in [-0.25, -0.2) is 0 Å². The molecule has 11 heavy (non-hydrogen) atoms. The maximum Gasteiger partial charge on any atom is 0.165 e. The average molecular weight is 169 g/mol. The van der Waals surface area contributed by atoms with E-state index in [1.807, 2.05) is 6.92 Å². The SMILES string of the molecule is Cc1nsnc1N1CCCC1. The van der Waals surface area contributed by atoms with Gasteiger partial charge in [0.15, 0.2) is 5.82 Å². The molecule has 0 N–H and O–H groups in total. The second-order valence-corrected chi connectivity index (χ2v) is 3.40. The van der Waals surface area contributed by atoms with Crippen molar-refractivity contribution in [2.75, 3.05) is 18.0 Å². The van der Waals surface area contributed by atoms with Crippen LogP contribution >= 0.6 is 11.7 Å². The Bertz CT molecular complexity index is 240. The van der Waals surface area contributed by atoms with E-state index in [4.69, 9.17) is 0 Å². The Morgan fingerprint density at radius 3 is 2.55 bits per heavy atom. The quantitative estimate of drug-likeness (QED) is 0.637. The second-order valence-electron chi connectivity index (χ2n) is 2.87. The van der Waals surface area contributed by atoms with Crippen molar-refractivity contribution in [1.82, 2.24) is 8.75 Å². The van der Waals surface area contributed by atoms with Crippen molar-refractivity contribution in [3.05, 3.63) is 5.69 Å². The lowest BCUT2D eigenvalue weighted by molar-refractivity contribution is 0.940. The third-order valence-corrected chi connectivity index (χ3v) is 2.64. The zero-order valence-electron chi connectivity index (χ0n) is 6.58. The number of hydrogen-bond donors (Lipinski definition) is 0. The number of hydrogen-bond acceptors (Lipinski definition) is 4. The van der Waals surface area contributed by atoms with E-state index in [0.29, 0.717) is 0 Å². The van der Waals surface area contributed by atoms with Gasteiger partial charge in [0.2, 0.25) is 0 Å². The molecule has 0 amide bonds. The first-order chi connectivity index (χ1) is 5.38. The summed E-state index contributed by atoms with van der Waals surface area (Å²) < 4.78 is 8.40. The van der Waals surface area contributed by atoms with Crippen LogP contribution in [0.1, 0.15) is 18.5 Å². The lowest BCUT2D eigenvalue weighted by Gasteiger charge is -2.13.